The van der Waals surface area contributed by atoms with E-state index in [0.717, 1.165) is 11.3 Å². The Morgan fingerprint density at radius 2 is 2.04 bits per heavy atom. The predicted octanol–water partition coefficient (Wildman–Crippen LogP) is 3.60. The molecule has 0 spiro atoms. The van der Waals surface area contributed by atoms with Crippen molar-refractivity contribution in [1.29, 1.82) is 0 Å². The third-order valence-corrected chi connectivity index (χ3v) is 3.85. The van der Waals surface area contributed by atoms with E-state index < -0.39 is 11.9 Å². The third kappa shape index (κ3) is 4.89. The van der Waals surface area contributed by atoms with Crippen molar-refractivity contribution >= 4 is 34.4 Å². The minimum Gasteiger partial charge on any atom is -0.465 e. The van der Waals surface area contributed by atoms with Crippen LogP contribution in [0.4, 0.5) is 5.13 Å². The number of amides is 1. The molecule has 0 saturated heterocycles. The summed E-state index contributed by atoms with van der Waals surface area (Å²) in [5.74, 6) is -0.554. The van der Waals surface area contributed by atoms with Crippen molar-refractivity contribution < 1.29 is 18.7 Å². The molecule has 0 unspecified atom stereocenters. The van der Waals surface area contributed by atoms with E-state index in [1.165, 1.54) is 29.8 Å². The van der Waals surface area contributed by atoms with E-state index in [1.807, 2.05) is 35.7 Å². The summed E-state index contributed by atoms with van der Waals surface area (Å²) in [4.78, 5) is 27.7. The van der Waals surface area contributed by atoms with Gasteiger partial charge in [-0.1, -0.05) is 30.3 Å². The number of nitrogens with one attached hydrogen (secondary N) is 1. The average Bonchev–Trinajstić information content (AvgIpc) is 3.31. The molecule has 1 N–H and O–H groups in total. The summed E-state index contributed by atoms with van der Waals surface area (Å²) in [5.41, 5.74) is 1.74. The van der Waals surface area contributed by atoms with Gasteiger partial charge in [0.2, 0.25) is 0 Å². The average molecular weight is 354 g/mol. The fourth-order valence-electron chi connectivity index (χ4n) is 1.95. The fourth-order valence-corrected chi connectivity index (χ4v) is 2.68. The Labute approximate surface area is 147 Å². The van der Waals surface area contributed by atoms with E-state index in [4.69, 9.17) is 9.15 Å². The first-order valence-electron chi connectivity index (χ1n) is 7.40. The van der Waals surface area contributed by atoms with Crippen LogP contribution in [0.15, 0.2) is 64.6 Å². The largest absolute Gasteiger partial charge is 0.465 e. The summed E-state index contributed by atoms with van der Waals surface area (Å²) < 4.78 is 9.91. The molecule has 0 saturated carbocycles. The molecule has 3 rings (SSSR count). The molecule has 2 heterocycles. The highest BCUT2D eigenvalue weighted by Gasteiger charge is 2.09. The minimum atomic E-state index is -0.629. The van der Waals surface area contributed by atoms with Gasteiger partial charge in [-0.2, -0.15) is 0 Å². The van der Waals surface area contributed by atoms with Gasteiger partial charge >= 0.3 is 5.97 Å². The Kier molecular flexibility index (Phi) is 5.38. The van der Waals surface area contributed by atoms with Gasteiger partial charge in [0.1, 0.15) is 5.76 Å². The van der Waals surface area contributed by atoms with Crippen LogP contribution < -0.4 is 5.32 Å². The van der Waals surface area contributed by atoms with Gasteiger partial charge in [-0.3, -0.25) is 10.1 Å². The molecule has 7 heteroatoms. The summed E-state index contributed by atoms with van der Waals surface area (Å²) >= 11 is 1.31. The number of nitrogens with zero attached hydrogens (tertiary/aromatic N) is 1. The van der Waals surface area contributed by atoms with Crippen LogP contribution in [-0.4, -0.2) is 23.5 Å². The number of aromatic nitrogens is 1. The van der Waals surface area contributed by atoms with E-state index in [1.54, 1.807) is 12.1 Å². The summed E-state index contributed by atoms with van der Waals surface area (Å²) in [7, 11) is 0. The molecular weight excluding hydrogens is 340 g/mol. The van der Waals surface area contributed by atoms with Crippen molar-refractivity contribution in [1.82, 2.24) is 4.98 Å². The van der Waals surface area contributed by atoms with Gasteiger partial charge in [-0.25, -0.2) is 9.78 Å². The highest BCUT2D eigenvalue weighted by molar-refractivity contribution is 7.14. The lowest BCUT2D eigenvalue weighted by Gasteiger charge is -2.02. The van der Waals surface area contributed by atoms with Crippen LogP contribution in [0.2, 0.25) is 0 Å². The van der Waals surface area contributed by atoms with Crippen molar-refractivity contribution in [2.45, 2.75) is 0 Å². The second-order valence-electron chi connectivity index (χ2n) is 4.91. The van der Waals surface area contributed by atoms with E-state index in [0.29, 0.717) is 10.9 Å². The quantitative estimate of drug-likeness (QED) is 0.540. The minimum absolute atomic E-state index is 0.387. The number of carbonyl (C=O) groups excluding carboxylic acids is 2. The van der Waals surface area contributed by atoms with Gasteiger partial charge < -0.3 is 9.15 Å². The molecule has 1 aromatic carbocycles. The Morgan fingerprint density at radius 1 is 1.20 bits per heavy atom. The van der Waals surface area contributed by atoms with Gasteiger partial charge in [-0.15, -0.1) is 11.3 Å². The highest BCUT2D eigenvalue weighted by atomic mass is 32.1. The summed E-state index contributed by atoms with van der Waals surface area (Å²) in [6.45, 7) is -0.387. The molecule has 0 aliphatic carbocycles. The SMILES string of the molecule is O=C(COC(=O)C=Cc1ccco1)Nc1nc(-c2ccccc2)cs1. The maximum atomic E-state index is 11.8. The fraction of sp³-hybridized carbons (Fsp3) is 0.0556. The zero-order valence-corrected chi connectivity index (χ0v) is 13.9. The molecule has 126 valence electrons. The Hall–Kier alpha value is -3.19. The topological polar surface area (TPSA) is 81.4 Å². The number of hydrogen-bond acceptors (Lipinski definition) is 6. The number of hydrogen-bond donors (Lipinski definition) is 1. The lowest BCUT2D eigenvalue weighted by Crippen LogP contribution is -2.20. The predicted molar refractivity (Wildman–Crippen MR) is 94.9 cm³/mol. The van der Waals surface area contributed by atoms with Crippen molar-refractivity contribution in [3.63, 3.8) is 0 Å². The molecular formula is C18H14N2O4S. The second kappa shape index (κ2) is 8.07. The molecule has 0 fully saturated rings. The highest BCUT2D eigenvalue weighted by Crippen LogP contribution is 2.24. The van der Waals surface area contributed by atoms with E-state index in [2.05, 4.69) is 10.3 Å². The van der Waals surface area contributed by atoms with E-state index in [-0.39, 0.29) is 6.61 Å². The van der Waals surface area contributed by atoms with Gasteiger partial charge in [0, 0.05) is 17.0 Å². The molecule has 0 bridgehead atoms. The van der Waals surface area contributed by atoms with Gasteiger partial charge in [-0.05, 0) is 18.2 Å². The lowest BCUT2D eigenvalue weighted by molar-refractivity contribution is -0.142. The smallest absolute Gasteiger partial charge is 0.331 e. The van der Waals surface area contributed by atoms with E-state index >= 15 is 0 Å². The molecule has 0 atom stereocenters. The van der Waals surface area contributed by atoms with Gasteiger partial charge in [0.25, 0.3) is 5.91 Å². The zero-order valence-electron chi connectivity index (χ0n) is 13.0. The van der Waals surface area contributed by atoms with Crippen molar-refractivity contribution in [3.05, 3.63) is 65.9 Å². The number of benzene rings is 1. The molecule has 1 amide bonds. The van der Waals surface area contributed by atoms with Crippen molar-refractivity contribution in [2.24, 2.45) is 0 Å². The molecule has 2 aromatic heterocycles. The summed E-state index contributed by atoms with van der Waals surface area (Å²) in [6.07, 6.45) is 4.16. The van der Waals surface area contributed by atoms with Gasteiger partial charge in [0.05, 0.1) is 12.0 Å². The number of carbonyl (C=O) groups is 2. The lowest BCUT2D eigenvalue weighted by atomic mass is 10.2. The molecule has 0 radical (unpaired) electrons. The van der Waals surface area contributed by atoms with Crippen molar-refractivity contribution in [3.8, 4) is 11.3 Å². The Bertz CT molecular complexity index is 870. The summed E-state index contributed by atoms with van der Waals surface area (Å²) in [5, 5.41) is 4.91. The van der Waals surface area contributed by atoms with Crippen molar-refractivity contribution in [2.75, 3.05) is 11.9 Å². The molecule has 3 aromatic rings. The van der Waals surface area contributed by atoms with Crippen LogP contribution in [0, 0.1) is 0 Å². The normalized spacial score (nSPS) is 10.7. The molecule has 0 aliphatic heterocycles. The van der Waals surface area contributed by atoms with Crippen LogP contribution in [0.1, 0.15) is 5.76 Å². The van der Waals surface area contributed by atoms with E-state index in [9.17, 15) is 9.59 Å². The van der Waals surface area contributed by atoms with Gasteiger partial charge in [0.15, 0.2) is 11.7 Å². The summed E-state index contributed by atoms with van der Waals surface area (Å²) in [6, 6.07) is 13.0. The van der Waals surface area contributed by atoms with Crippen LogP contribution in [0.5, 0.6) is 0 Å². The zero-order chi connectivity index (χ0) is 17.5. The first-order valence-corrected chi connectivity index (χ1v) is 8.28. The van der Waals surface area contributed by atoms with Crippen LogP contribution >= 0.6 is 11.3 Å². The molecule has 25 heavy (non-hydrogen) atoms. The van der Waals surface area contributed by atoms with Crippen LogP contribution in [0.25, 0.3) is 17.3 Å². The standard InChI is InChI=1S/C18H14N2O4S/c21-16(11-24-17(22)9-8-14-7-4-10-23-14)20-18-19-15(12-25-18)13-5-2-1-3-6-13/h1-10,12H,11H2,(H,19,20,21). The first-order chi connectivity index (χ1) is 12.2. The maximum absolute atomic E-state index is 11.8. The number of furan rings is 1. The first kappa shape index (κ1) is 16.7. The number of ether oxygens (including phenoxy) is 1. The monoisotopic (exact) mass is 354 g/mol. The van der Waals surface area contributed by atoms with Crippen LogP contribution in [-0.2, 0) is 14.3 Å². The molecule has 0 aliphatic rings. The van der Waals surface area contributed by atoms with Crippen LogP contribution in [0.3, 0.4) is 0 Å². The number of thiazole rings is 1. The Balaban J connectivity index is 1.48. The third-order valence-electron chi connectivity index (χ3n) is 3.09. The number of anilines is 1. The number of esters is 1. The second-order valence-corrected chi connectivity index (χ2v) is 5.77. The number of rotatable bonds is 6. The Morgan fingerprint density at radius 3 is 2.80 bits per heavy atom. The molecule has 6 nitrogen and oxygen atoms in total. The maximum Gasteiger partial charge on any atom is 0.331 e.